The Kier molecular flexibility index (Phi) is 5.70. The fourth-order valence-corrected chi connectivity index (χ4v) is 2.93. The highest BCUT2D eigenvalue weighted by Crippen LogP contribution is 2.23. The van der Waals surface area contributed by atoms with Crippen LogP contribution in [-0.2, 0) is 4.79 Å². The van der Waals surface area contributed by atoms with Gasteiger partial charge in [-0.1, -0.05) is 13.0 Å². The maximum atomic E-state index is 12.0. The summed E-state index contributed by atoms with van der Waals surface area (Å²) in [6.45, 7) is 1.68. The molecule has 0 radical (unpaired) electrons. The molecule has 0 saturated carbocycles. The van der Waals surface area contributed by atoms with Crippen molar-refractivity contribution in [2.75, 3.05) is 11.9 Å². The van der Waals surface area contributed by atoms with Crippen LogP contribution in [0, 0.1) is 0 Å². The summed E-state index contributed by atoms with van der Waals surface area (Å²) in [5, 5.41) is 5.03. The van der Waals surface area contributed by atoms with Gasteiger partial charge in [0, 0.05) is 23.6 Å². The molecule has 2 heterocycles. The molecule has 3 aromatic rings. The fourth-order valence-electron chi connectivity index (χ4n) is 2.21. The van der Waals surface area contributed by atoms with E-state index >= 15 is 0 Å². The Morgan fingerprint density at radius 1 is 1.12 bits per heavy atom. The summed E-state index contributed by atoms with van der Waals surface area (Å²) < 4.78 is 5.44. The summed E-state index contributed by atoms with van der Waals surface area (Å²) in [6.07, 6.45) is 2.15. The highest BCUT2D eigenvalue weighted by atomic mass is 32.1. The lowest BCUT2D eigenvalue weighted by Gasteiger charge is -2.06. The zero-order valence-electron chi connectivity index (χ0n) is 14.1. The lowest BCUT2D eigenvalue weighted by atomic mass is 10.1. The van der Waals surface area contributed by atoms with Crippen LogP contribution in [0.3, 0.4) is 0 Å². The number of thiazole rings is 1. The average Bonchev–Trinajstić information content (AvgIpc) is 3.15. The van der Waals surface area contributed by atoms with Crippen molar-refractivity contribution >= 4 is 28.2 Å². The number of ketones is 1. The van der Waals surface area contributed by atoms with Crippen molar-refractivity contribution in [3.63, 3.8) is 0 Å². The van der Waals surface area contributed by atoms with E-state index in [2.05, 4.69) is 15.3 Å². The number of hydrogen-bond donors (Lipinski definition) is 1. The molecule has 0 unspecified atom stereocenters. The second kappa shape index (κ2) is 8.35. The van der Waals surface area contributed by atoms with Crippen molar-refractivity contribution in [1.29, 1.82) is 0 Å². The number of nitrogens with zero attached hydrogens (tertiary/aromatic N) is 2. The molecule has 0 saturated heterocycles. The van der Waals surface area contributed by atoms with Crippen molar-refractivity contribution in [2.45, 2.75) is 13.3 Å². The Hall–Kier alpha value is -3.06. The number of nitrogens with one attached hydrogen (secondary N) is 1. The first-order valence-electron chi connectivity index (χ1n) is 8.08. The van der Waals surface area contributed by atoms with Gasteiger partial charge in [-0.25, -0.2) is 4.98 Å². The molecular formula is C19H17N3O3S. The number of anilines is 1. The van der Waals surface area contributed by atoms with Crippen LogP contribution >= 0.6 is 11.3 Å². The molecule has 0 bridgehead atoms. The molecule has 132 valence electrons. The molecule has 3 rings (SSSR count). The molecule has 1 N–H and O–H groups in total. The standard InChI is InChI=1S/C19H17N3O3S/c1-2-17(23)13-6-8-14(9-7-13)25-11-18(24)22-19-21-16(12-26-19)15-5-3-4-10-20-15/h3-10,12H,2,11H2,1H3,(H,21,22,24). The van der Waals surface area contributed by atoms with Gasteiger partial charge >= 0.3 is 0 Å². The van der Waals surface area contributed by atoms with Gasteiger partial charge in [0.15, 0.2) is 17.5 Å². The highest BCUT2D eigenvalue weighted by molar-refractivity contribution is 7.14. The van der Waals surface area contributed by atoms with E-state index in [1.165, 1.54) is 11.3 Å². The Balaban J connectivity index is 1.53. The van der Waals surface area contributed by atoms with Crippen LogP contribution < -0.4 is 10.1 Å². The minimum atomic E-state index is -0.305. The molecule has 1 amide bonds. The first-order valence-corrected chi connectivity index (χ1v) is 8.96. The maximum absolute atomic E-state index is 12.0. The Labute approximate surface area is 154 Å². The number of Topliss-reactive ketones (excluding diaryl/α,β-unsaturated/α-hetero) is 1. The molecular weight excluding hydrogens is 350 g/mol. The molecule has 0 fully saturated rings. The van der Waals surface area contributed by atoms with Crippen molar-refractivity contribution in [3.8, 4) is 17.1 Å². The van der Waals surface area contributed by atoms with Crippen LogP contribution in [0.15, 0.2) is 54.0 Å². The van der Waals surface area contributed by atoms with E-state index in [0.29, 0.717) is 28.6 Å². The summed E-state index contributed by atoms with van der Waals surface area (Å²) >= 11 is 1.33. The van der Waals surface area contributed by atoms with E-state index in [4.69, 9.17) is 4.74 Å². The van der Waals surface area contributed by atoms with Crippen LogP contribution in [0.5, 0.6) is 5.75 Å². The summed E-state index contributed by atoms with van der Waals surface area (Å²) in [7, 11) is 0. The number of hydrogen-bond acceptors (Lipinski definition) is 6. The maximum Gasteiger partial charge on any atom is 0.264 e. The summed E-state index contributed by atoms with van der Waals surface area (Å²) in [5.41, 5.74) is 2.10. The van der Waals surface area contributed by atoms with Gasteiger partial charge in [0.25, 0.3) is 5.91 Å². The molecule has 0 spiro atoms. The van der Waals surface area contributed by atoms with E-state index in [9.17, 15) is 9.59 Å². The normalized spacial score (nSPS) is 10.3. The van der Waals surface area contributed by atoms with Crippen LogP contribution in [-0.4, -0.2) is 28.3 Å². The average molecular weight is 367 g/mol. The largest absolute Gasteiger partial charge is 0.484 e. The minimum absolute atomic E-state index is 0.0711. The minimum Gasteiger partial charge on any atom is -0.484 e. The monoisotopic (exact) mass is 367 g/mol. The van der Waals surface area contributed by atoms with Crippen LogP contribution in [0.1, 0.15) is 23.7 Å². The molecule has 2 aromatic heterocycles. The van der Waals surface area contributed by atoms with Gasteiger partial charge in [-0.2, -0.15) is 0 Å². The number of benzene rings is 1. The van der Waals surface area contributed by atoms with Gasteiger partial charge in [0.05, 0.1) is 5.69 Å². The third-order valence-electron chi connectivity index (χ3n) is 3.55. The Bertz CT molecular complexity index is 892. The second-order valence-electron chi connectivity index (χ2n) is 5.39. The smallest absolute Gasteiger partial charge is 0.264 e. The van der Waals surface area contributed by atoms with E-state index < -0.39 is 0 Å². The third-order valence-corrected chi connectivity index (χ3v) is 4.30. The number of carbonyl (C=O) groups excluding carboxylic acids is 2. The first kappa shape index (κ1) is 17.8. The van der Waals surface area contributed by atoms with Gasteiger partial charge < -0.3 is 4.74 Å². The molecule has 26 heavy (non-hydrogen) atoms. The quantitative estimate of drug-likeness (QED) is 0.642. The van der Waals surface area contributed by atoms with Crippen LogP contribution in [0.25, 0.3) is 11.4 Å². The predicted molar refractivity (Wildman–Crippen MR) is 101 cm³/mol. The topological polar surface area (TPSA) is 81.2 Å². The first-order chi connectivity index (χ1) is 12.7. The molecule has 0 aliphatic rings. The fraction of sp³-hybridized carbons (Fsp3) is 0.158. The number of pyridine rings is 1. The molecule has 0 atom stereocenters. The van der Waals surface area contributed by atoms with Crippen molar-refractivity contribution in [2.24, 2.45) is 0 Å². The Morgan fingerprint density at radius 2 is 1.92 bits per heavy atom. The highest BCUT2D eigenvalue weighted by Gasteiger charge is 2.10. The lowest BCUT2D eigenvalue weighted by Crippen LogP contribution is -2.20. The lowest BCUT2D eigenvalue weighted by molar-refractivity contribution is -0.118. The number of ether oxygens (including phenoxy) is 1. The molecule has 1 aromatic carbocycles. The Morgan fingerprint density at radius 3 is 2.62 bits per heavy atom. The van der Waals surface area contributed by atoms with E-state index in [1.807, 2.05) is 30.5 Å². The molecule has 7 heteroatoms. The van der Waals surface area contributed by atoms with Crippen molar-refractivity contribution < 1.29 is 14.3 Å². The van der Waals surface area contributed by atoms with Gasteiger partial charge in [0.2, 0.25) is 0 Å². The zero-order valence-corrected chi connectivity index (χ0v) is 15.0. The number of carbonyl (C=O) groups is 2. The summed E-state index contributed by atoms with van der Waals surface area (Å²) in [6, 6.07) is 12.3. The number of rotatable bonds is 7. The SMILES string of the molecule is CCC(=O)c1ccc(OCC(=O)Nc2nc(-c3ccccn3)cs2)cc1. The van der Waals surface area contributed by atoms with Crippen LogP contribution in [0.2, 0.25) is 0 Å². The second-order valence-corrected chi connectivity index (χ2v) is 6.25. The van der Waals surface area contributed by atoms with E-state index in [-0.39, 0.29) is 18.3 Å². The number of amides is 1. The predicted octanol–water partition coefficient (Wildman–Crippen LogP) is 3.82. The summed E-state index contributed by atoms with van der Waals surface area (Å²) in [5.74, 6) is 0.295. The van der Waals surface area contributed by atoms with Gasteiger partial charge in [0.1, 0.15) is 11.4 Å². The summed E-state index contributed by atoms with van der Waals surface area (Å²) in [4.78, 5) is 32.2. The van der Waals surface area contributed by atoms with Crippen molar-refractivity contribution in [1.82, 2.24) is 9.97 Å². The van der Waals surface area contributed by atoms with Crippen molar-refractivity contribution in [3.05, 3.63) is 59.6 Å². The van der Waals surface area contributed by atoms with Gasteiger partial charge in [-0.3, -0.25) is 19.9 Å². The van der Waals surface area contributed by atoms with E-state index in [1.54, 1.807) is 30.5 Å². The molecule has 0 aliphatic heterocycles. The van der Waals surface area contributed by atoms with E-state index in [0.717, 1.165) is 5.69 Å². The van der Waals surface area contributed by atoms with Crippen LogP contribution in [0.4, 0.5) is 5.13 Å². The zero-order chi connectivity index (χ0) is 18.4. The van der Waals surface area contributed by atoms with Gasteiger partial charge in [-0.15, -0.1) is 11.3 Å². The third kappa shape index (κ3) is 4.52. The number of aromatic nitrogens is 2. The molecule has 0 aliphatic carbocycles. The van der Waals surface area contributed by atoms with Gasteiger partial charge in [-0.05, 0) is 36.4 Å². The molecule has 6 nitrogen and oxygen atoms in total.